The van der Waals surface area contributed by atoms with Crippen LogP contribution in [-0.2, 0) is 14.3 Å². The van der Waals surface area contributed by atoms with Crippen LogP contribution in [0, 0.1) is 0 Å². The Morgan fingerprint density at radius 3 is 2.81 bits per heavy atom. The van der Waals surface area contributed by atoms with Gasteiger partial charge in [-0.1, -0.05) is 18.2 Å². The predicted molar refractivity (Wildman–Crippen MR) is 79.9 cm³/mol. The SMILES string of the molecule is COCCNC(=O)CC(=O)Nc1cccc2cccnc12. The zero-order chi connectivity index (χ0) is 15.1. The molecule has 0 bridgehead atoms. The lowest BCUT2D eigenvalue weighted by atomic mass is 10.2. The van der Waals surface area contributed by atoms with Crippen LogP contribution in [0.2, 0.25) is 0 Å². The van der Waals surface area contributed by atoms with Gasteiger partial charge in [0.1, 0.15) is 6.42 Å². The molecule has 6 heteroatoms. The van der Waals surface area contributed by atoms with Crippen LogP contribution in [0.5, 0.6) is 0 Å². The maximum atomic E-state index is 11.9. The minimum Gasteiger partial charge on any atom is -0.383 e. The summed E-state index contributed by atoms with van der Waals surface area (Å²) in [6.45, 7) is 0.805. The van der Waals surface area contributed by atoms with E-state index in [4.69, 9.17) is 4.74 Å². The van der Waals surface area contributed by atoms with Gasteiger partial charge in [0.15, 0.2) is 0 Å². The maximum absolute atomic E-state index is 11.9. The Labute approximate surface area is 122 Å². The number of amides is 2. The summed E-state index contributed by atoms with van der Waals surface area (Å²) >= 11 is 0. The summed E-state index contributed by atoms with van der Waals surface area (Å²) in [7, 11) is 1.55. The van der Waals surface area contributed by atoms with Crippen molar-refractivity contribution in [1.29, 1.82) is 0 Å². The molecule has 0 atom stereocenters. The first-order valence-electron chi connectivity index (χ1n) is 6.60. The van der Waals surface area contributed by atoms with E-state index in [0.717, 1.165) is 5.39 Å². The Hall–Kier alpha value is -2.47. The van der Waals surface area contributed by atoms with E-state index >= 15 is 0 Å². The second-order valence-corrected chi connectivity index (χ2v) is 4.45. The average Bonchev–Trinajstić information content (AvgIpc) is 2.48. The molecule has 0 spiro atoms. The molecule has 1 aromatic carbocycles. The third-order valence-electron chi connectivity index (χ3n) is 2.86. The van der Waals surface area contributed by atoms with E-state index in [1.54, 1.807) is 19.4 Å². The van der Waals surface area contributed by atoms with E-state index in [2.05, 4.69) is 15.6 Å². The van der Waals surface area contributed by atoms with E-state index in [0.29, 0.717) is 24.4 Å². The number of para-hydroxylation sites is 1. The fraction of sp³-hybridized carbons (Fsp3) is 0.267. The molecule has 0 aliphatic carbocycles. The van der Waals surface area contributed by atoms with Crippen LogP contribution in [0.25, 0.3) is 10.9 Å². The number of fused-ring (bicyclic) bond motifs is 1. The third-order valence-corrected chi connectivity index (χ3v) is 2.86. The normalized spacial score (nSPS) is 10.3. The number of benzene rings is 1. The number of pyridine rings is 1. The minimum absolute atomic E-state index is 0.229. The van der Waals surface area contributed by atoms with Crippen molar-refractivity contribution < 1.29 is 14.3 Å². The highest BCUT2D eigenvalue weighted by atomic mass is 16.5. The molecule has 0 unspecified atom stereocenters. The molecular formula is C15H17N3O3. The fourth-order valence-corrected chi connectivity index (χ4v) is 1.90. The van der Waals surface area contributed by atoms with E-state index in [9.17, 15) is 9.59 Å². The fourth-order valence-electron chi connectivity index (χ4n) is 1.90. The molecule has 21 heavy (non-hydrogen) atoms. The van der Waals surface area contributed by atoms with E-state index in [-0.39, 0.29) is 18.2 Å². The topological polar surface area (TPSA) is 80.3 Å². The van der Waals surface area contributed by atoms with Crippen LogP contribution in [0.1, 0.15) is 6.42 Å². The van der Waals surface area contributed by atoms with Gasteiger partial charge in [0, 0.05) is 25.2 Å². The van der Waals surface area contributed by atoms with Crippen LogP contribution < -0.4 is 10.6 Å². The Morgan fingerprint density at radius 1 is 1.19 bits per heavy atom. The number of hydrogen-bond acceptors (Lipinski definition) is 4. The molecule has 1 aromatic heterocycles. The zero-order valence-electron chi connectivity index (χ0n) is 11.8. The van der Waals surface area contributed by atoms with Gasteiger partial charge in [0.2, 0.25) is 11.8 Å². The van der Waals surface area contributed by atoms with Crippen molar-refractivity contribution in [2.45, 2.75) is 6.42 Å². The molecular weight excluding hydrogens is 270 g/mol. The van der Waals surface area contributed by atoms with Crippen molar-refractivity contribution in [1.82, 2.24) is 10.3 Å². The summed E-state index contributed by atoms with van der Waals surface area (Å²) in [6.07, 6.45) is 1.43. The second kappa shape index (κ2) is 7.35. The molecule has 0 saturated carbocycles. The van der Waals surface area contributed by atoms with E-state index < -0.39 is 0 Å². The first-order valence-corrected chi connectivity index (χ1v) is 6.60. The Bertz CT molecular complexity index is 638. The van der Waals surface area contributed by atoms with Crippen molar-refractivity contribution in [2.75, 3.05) is 25.6 Å². The highest BCUT2D eigenvalue weighted by Crippen LogP contribution is 2.20. The standard InChI is InChI=1S/C15H17N3O3/c1-21-9-8-16-13(19)10-14(20)18-12-6-2-4-11-5-3-7-17-15(11)12/h2-7H,8-10H2,1H3,(H,16,19)(H,18,20). The first-order chi connectivity index (χ1) is 10.2. The Balaban J connectivity index is 1.97. The zero-order valence-corrected chi connectivity index (χ0v) is 11.8. The lowest BCUT2D eigenvalue weighted by Gasteiger charge is -2.08. The molecule has 110 valence electrons. The Kier molecular flexibility index (Phi) is 5.22. The van der Waals surface area contributed by atoms with Gasteiger partial charge in [-0.3, -0.25) is 14.6 Å². The minimum atomic E-state index is -0.372. The highest BCUT2D eigenvalue weighted by Gasteiger charge is 2.11. The van der Waals surface area contributed by atoms with Gasteiger partial charge in [0.25, 0.3) is 0 Å². The summed E-state index contributed by atoms with van der Waals surface area (Å²) in [5.74, 6) is -0.708. The molecule has 0 saturated heterocycles. The van der Waals surface area contributed by atoms with Crippen molar-refractivity contribution in [3.05, 3.63) is 36.5 Å². The maximum Gasteiger partial charge on any atom is 0.233 e. The molecule has 0 fully saturated rings. The second-order valence-electron chi connectivity index (χ2n) is 4.45. The lowest BCUT2D eigenvalue weighted by molar-refractivity contribution is -0.126. The summed E-state index contributed by atoms with van der Waals surface area (Å²) in [6, 6.07) is 9.25. The van der Waals surface area contributed by atoms with Crippen LogP contribution in [0.4, 0.5) is 5.69 Å². The Morgan fingerprint density at radius 2 is 2.00 bits per heavy atom. The number of ether oxygens (including phenoxy) is 1. The molecule has 1 heterocycles. The molecule has 0 radical (unpaired) electrons. The lowest BCUT2D eigenvalue weighted by Crippen LogP contribution is -2.30. The van der Waals surface area contributed by atoms with Gasteiger partial charge in [-0.05, 0) is 12.1 Å². The summed E-state index contributed by atoms with van der Waals surface area (Å²) < 4.78 is 4.82. The summed E-state index contributed by atoms with van der Waals surface area (Å²) in [5.41, 5.74) is 1.30. The molecule has 0 aliphatic rings. The van der Waals surface area contributed by atoms with Crippen LogP contribution >= 0.6 is 0 Å². The smallest absolute Gasteiger partial charge is 0.233 e. The number of carbonyl (C=O) groups excluding carboxylic acids is 2. The number of carbonyl (C=O) groups is 2. The van der Waals surface area contributed by atoms with Crippen LogP contribution in [0.15, 0.2) is 36.5 Å². The summed E-state index contributed by atoms with van der Waals surface area (Å²) in [4.78, 5) is 27.6. The molecule has 2 N–H and O–H groups in total. The van der Waals surface area contributed by atoms with Crippen molar-refractivity contribution in [3.8, 4) is 0 Å². The predicted octanol–water partition coefficient (Wildman–Crippen LogP) is 1.33. The first kappa shape index (κ1) is 14.9. The van der Waals surface area contributed by atoms with E-state index in [1.165, 1.54) is 0 Å². The van der Waals surface area contributed by atoms with Crippen molar-refractivity contribution >= 4 is 28.4 Å². The quantitative estimate of drug-likeness (QED) is 0.620. The number of rotatable bonds is 6. The van der Waals surface area contributed by atoms with Crippen molar-refractivity contribution in [2.24, 2.45) is 0 Å². The van der Waals surface area contributed by atoms with Gasteiger partial charge in [-0.15, -0.1) is 0 Å². The third kappa shape index (κ3) is 4.25. The number of aromatic nitrogens is 1. The number of methoxy groups -OCH3 is 1. The average molecular weight is 287 g/mol. The van der Waals surface area contributed by atoms with Crippen LogP contribution in [-0.4, -0.2) is 37.1 Å². The largest absolute Gasteiger partial charge is 0.383 e. The molecule has 0 aliphatic heterocycles. The van der Waals surface area contributed by atoms with Gasteiger partial charge < -0.3 is 15.4 Å². The molecule has 6 nitrogen and oxygen atoms in total. The number of nitrogens with one attached hydrogen (secondary N) is 2. The van der Waals surface area contributed by atoms with Gasteiger partial charge in [0.05, 0.1) is 17.8 Å². The molecule has 2 amide bonds. The number of nitrogens with zero attached hydrogens (tertiary/aromatic N) is 1. The molecule has 2 aromatic rings. The van der Waals surface area contributed by atoms with E-state index in [1.807, 2.05) is 24.3 Å². The van der Waals surface area contributed by atoms with Crippen molar-refractivity contribution in [3.63, 3.8) is 0 Å². The van der Waals surface area contributed by atoms with Gasteiger partial charge in [-0.25, -0.2) is 0 Å². The monoisotopic (exact) mass is 287 g/mol. The number of hydrogen-bond donors (Lipinski definition) is 2. The number of anilines is 1. The van der Waals surface area contributed by atoms with Gasteiger partial charge in [-0.2, -0.15) is 0 Å². The summed E-state index contributed by atoms with van der Waals surface area (Å²) in [5, 5.41) is 6.24. The molecule has 2 rings (SSSR count). The highest BCUT2D eigenvalue weighted by molar-refractivity contribution is 6.06. The van der Waals surface area contributed by atoms with Gasteiger partial charge >= 0.3 is 0 Å². The van der Waals surface area contributed by atoms with Crippen LogP contribution in [0.3, 0.4) is 0 Å².